The van der Waals surface area contributed by atoms with Crippen LogP contribution in [0.5, 0.6) is 0 Å². The van der Waals surface area contributed by atoms with Crippen LogP contribution < -0.4 is 0 Å². The summed E-state index contributed by atoms with van der Waals surface area (Å²) < 4.78 is 11.0. The lowest BCUT2D eigenvalue weighted by atomic mass is 10.7. The highest BCUT2D eigenvalue weighted by atomic mass is 19.1. The average Bonchev–Trinajstić information content (AvgIpc) is 1.38. The molecule has 0 unspecified atom stereocenters. The minimum Gasteiger partial charge on any atom is -0.513 e. The Morgan fingerprint density at radius 3 is 2.20 bits per heavy atom. The molecule has 0 amide bonds. The minimum atomic E-state index is -0.565. The lowest BCUT2D eigenvalue weighted by molar-refractivity contribution is 0.441. The fourth-order valence-electron chi connectivity index (χ4n) is 0. The highest BCUT2D eigenvalue weighted by molar-refractivity contribution is 4.75. The van der Waals surface area contributed by atoms with Gasteiger partial charge in [-0.2, -0.15) is 0 Å². The second-order valence-corrected chi connectivity index (χ2v) is 0.716. The van der Waals surface area contributed by atoms with E-state index in [0.717, 1.165) is 0 Å². The molecule has 0 rings (SSSR count). The third-order valence-electron chi connectivity index (χ3n) is 0.178. The zero-order valence-corrected chi connectivity index (χ0v) is 2.90. The van der Waals surface area contributed by atoms with Crippen molar-refractivity contribution in [1.29, 1.82) is 0 Å². The number of allylic oxidation sites excluding steroid dienone is 1. The summed E-state index contributed by atoms with van der Waals surface area (Å²) >= 11 is 0. The molecule has 0 aliphatic heterocycles. The van der Waals surface area contributed by atoms with Crippen molar-refractivity contribution < 1.29 is 9.50 Å². The van der Waals surface area contributed by atoms with Crippen LogP contribution in [0, 0.1) is 0 Å². The Balaban J connectivity index is 3.14. The molecule has 1 N–H and O–H groups in total. The zero-order valence-electron chi connectivity index (χ0n) is 2.90. The number of hydrogen-bond acceptors (Lipinski definition) is 1. The Bertz CT molecular complexity index is 44.9. The van der Waals surface area contributed by atoms with Gasteiger partial charge in [0.2, 0.25) is 0 Å². The first-order chi connectivity index (χ1) is 2.27. The maximum Gasteiger partial charge on any atom is 0.131 e. The van der Waals surface area contributed by atoms with Crippen molar-refractivity contribution in [2.45, 2.75) is 6.92 Å². The van der Waals surface area contributed by atoms with Crippen molar-refractivity contribution in [3.8, 4) is 0 Å². The Kier molecular flexibility index (Phi) is 1.57. The van der Waals surface area contributed by atoms with Gasteiger partial charge in [0.05, 0.1) is 0 Å². The van der Waals surface area contributed by atoms with Crippen molar-refractivity contribution in [2.75, 3.05) is 0 Å². The Morgan fingerprint density at radius 2 is 2.20 bits per heavy atom. The van der Waals surface area contributed by atoms with E-state index in [2.05, 4.69) is 0 Å². The maximum absolute atomic E-state index is 11.0. The van der Waals surface area contributed by atoms with Crippen molar-refractivity contribution in [1.82, 2.24) is 0 Å². The molecule has 0 aromatic heterocycles. The van der Waals surface area contributed by atoms with E-state index in [1.807, 2.05) is 0 Å². The summed E-state index contributed by atoms with van der Waals surface area (Å²) in [6.45, 7) is 1.17. The van der Waals surface area contributed by atoms with E-state index in [1.165, 1.54) is 6.92 Å². The Labute approximate surface area is 29.7 Å². The Morgan fingerprint density at radius 1 is 2.00 bits per heavy atom. The van der Waals surface area contributed by atoms with Crippen LogP contribution in [0.3, 0.4) is 0 Å². The summed E-state index contributed by atoms with van der Waals surface area (Å²) in [4.78, 5) is 0. The van der Waals surface area contributed by atoms with E-state index in [4.69, 9.17) is 5.11 Å². The van der Waals surface area contributed by atoms with Crippen LogP contribution in [0.25, 0.3) is 0 Å². The van der Waals surface area contributed by atoms with Crippen LogP contribution in [0.1, 0.15) is 6.92 Å². The second kappa shape index (κ2) is 1.76. The van der Waals surface area contributed by atoms with Crippen LogP contribution >= 0.6 is 0 Å². The fraction of sp³-hybridized carbons (Fsp3) is 0.333. The van der Waals surface area contributed by atoms with Crippen molar-refractivity contribution in [3.05, 3.63) is 12.1 Å². The third-order valence-corrected chi connectivity index (χ3v) is 0.178. The first-order valence-electron chi connectivity index (χ1n) is 1.24. The van der Waals surface area contributed by atoms with Gasteiger partial charge in [-0.1, -0.05) is 0 Å². The lowest BCUT2D eigenvalue weighted by Crippen LogP contribution is -1.53. The van der Waals surface area contributed by atoms with Gasteiger partial charge in [-0.05, 0) is 6.92 Å². The van der Waals surface area contributed by atoms with Gasteiger partial charge in [-0.25, -0.2) is 4.39 Å². The second-order valence-electron chi connectivity index (χ2n) is 0.716. The van der Waals surface area contributed by atoms with Crippen molar-refractivity contribution in [2.24, 2.45) is 0 Å². The molecular formula is C3H5FO. The minimum absolute atomic E-state index is 0.417. The van der Waals surface area contributed by atoms with Gasteiger partial charge < -0.3 is 5.11 Å². The van der Waals surface area contributed by atoms with E-state index >= 15 is 0 Å². The summed E-state index contributed by atoms with van der Waals surface area (Å²) in [6.07, 6.45) is 0.417. The largest absolute Gasteiger partial charge is 0.513 e. The molecule has 0 saturated carbocycles. The van der Waals surface area contributed by atoms with E-state index in [0.29, 0.717) is 6.26 Å². The highest BCUT2D eigenvalue weighted by Crippen LogP contribution is 1.85. The molecule has 0 aromatic rings. The van der Waals surface area contributed by atoms with Gasteiger partial charge in [-0.15, -0.1) is 0 Å². The number of aliphatic hydroxyl groups excluding tert-OH is 1. The molecule has 0 aliphatic carbocycles. The number of hydrogen-bond donors (Lipinski definition) is 1. The standard InChI is InChI=1S/C3H5FO/c1-3(4)2-5/h2,5H,1H3/b3-2-. The van der Waals surface area contributed by atoms with Gasteiger partial charge in [0.15, 0.2) is 0 Å². The molecule has 5 heavy (non-hydrogen) atoms. The SMILES string of the molecule is C/C(F)=C/O. The van der Waals surface area contributed by atoms with Gasteiger partial charge in [0.25, 0.3) is 0 Å². The summed E-state index contributed by atoms with van der Waals surface area (Å²) in [5, 5.41) is 7.61. The van der Waals surface area contributed by atoms with Crippen LogP contribution in [-0.4, -0.2) is 5.11 Å². The third kappa shape index (κ3) is 3.47. The summed E-state index contributed by atoms with van der Waals surface area (Å²) in [5.74, 6) is -0.565. The summed E-state index contributed by atoms with van der Waals surface area (Å²) in [6, 6.07) is 0. The normalized spacial score (nSPS) is 12.0. The molecule has 0 bridgehead atoms. The van der Waals surface area contributed by atoms with E-state index in [9.17, 15) is 4.39 Å². The molecule has 30 valence electrons. The first-order valence-corrected chi connectivity index (χ1v) is 1.24. The topological polar surface area (TPSA) is 20.2 Å². The zero-order chi connectivity index (χ0) is 4.28. The van der Waals surface area contributed by atoms with Crippen LogP contribution in [0.15, 0.2) is 12.1 Å². The van der Waals surface area contributed by atoms with Crippen molar-refractivity contribution in [3.63, 3.8) is 0 Å². The molecule has 0 saturated heterocycles. The predicted molar refractivity (Wildman–Crippen MR) is 17.5 cm³/mol. The van der Waals surface area contributed by atoms with E-state index in [-0.39, 0.29) is 0 Å². The average molecular weight is 76.1 g/mol. The monoisotopic (exact) mass is 76.0 g/mol. The molecule has 0 heterocycles. The van der Waals surface area contributed by atoms with Crippen LogP contribution in [-0.2, 0) is 0 Å². The molecule has 0 aliphatic rings. The molecule has 0 radical (unpaired) electrons. The predicted octanol–water partition coefficient (Wildman–Crippen LogP) is 1.38. The first kappa shape index (κ1) is 4.47. The number of aliphatic hydroxyl groups is 1. The van der Waals surface area contributed by atoms with Gasteiger partial charge in [0, 0.05) is 0 Å². The molecule has 0 atom stereocenters. The van der Waals surface area contributed by atoms with Gasteiger partial charge in [0.1, 0.15) is 12.1 Å². The number of halogens is 1. The van der Waals surface area contributed by atoms with E-state index in [1.54, 1.807) is 0 Å². The molecular weight excluding hydrogens is 71.0 g/mol. The summed E-state index contributed by atoms with van der Waals surface area (Å²) in [7, 11) is 0. The van der Waals surface area contributed by atoms with Crippen LogP contribution in [0.4, 0.5) is 4.39 Å². The molecule has 0 spiro atoms. The van der Waals surface area contributed by atoms with E-state index < -0.39 is 5.83 Å². The molecule has 1 nitrogen and oxygen atoms in total. The molecule has 0 fully saturated rings. The van der Waals surface area contributed by atoms with Gasteiger partial charge >= 0.3 is 0 Å². The maximum atomic E-state index is 11.0. The highest BCUT2D eigenvalue weighted by Gasteiger charge is 1.69. The Hall–Kier alpha value is -0.530. The van der Waals surface area contributed by atoms with Gasteiger partial charge in [-0.3, -0.25) is 0 Å². The quantitative estimate of drug-likeness (QED) is 0.432. The fourth-order valence-corrected chi connectivity index (χ4v) is 0. The summed E-state index contributed by atoms with van der Waals surface area (Å²) in [5.41, 5.74) is 0. The lowest BCUT2D eigenvalue weighted by Gasteiger charge is -1.68. The van der Waals surface area contributed by atoms with Crippen molar-refractivity contribution >= 4 is 0 Å². The molecule has 0 aromatic carbocycles. The smallest absolute Gasteiger partial charge is 0.131 e. The number of rotatable bonds is 0. The molecule has 2 heteroatoms. The van der Waals surface area contributed by atoms with Crippen LogP contribution in [0.2, 0.25) is 0 Å².